The van der Waals surface area contributed by atoms with Crippen molar-refractivity contribution in [2.75, 3.05) is 47.5 Å². The van der Waals surface area contributed by atoms with Crippen molar-refractivity contribution in [3.63, 3.8) is 0 Å². The molecule has 0 spiro atoms. The molecule has 0 heterocycles. The predicted molar refractivity (Wildman–Crippen MR) is 308 cm³/mol. The molecule has 414 valence electrons. The normalized spacial score (nSPS) is 13.7. The molecule has 0 saturated carbocycles. The van der Waals surface area contributed by atoms with Gasteiger partial charge >= 0.3 is 17.9 Å². The average Bonchev–Trinajstić information content (AvgIpc) is 3.36. The van der Waals surface area contributed by atoms with Gasteiger partial charge in [-0.1, -0.05) is 225 Å². The summed E-state index contributed by atoms with van der Waals surface area (Å²) in [5.74, 6) is -2.05. The van der Waals surface area contributed by atoms with Crippen LogP contribution in [-0.4, -0.2) is 87.4 Å². The Morgan fingerprint density at radius 3 is 1.16 bits per heavy atom. The fourth-order valence-electron chi connectivity index (χ4n) is 7.33. The van der Waals surface area contributed by atoms with Crippen LogP contribution in [0.2, 0.25) is 0 Å². The molecule has 1 N–H and O–H groups in total. The Kier molecular flexibility index (Phi) is 50.8. The molecule has 0 amide bonds. The minimum atomic E-state index is -1.52. The maximum atomic E-state index is 12.8. The van der Waals surface area contributed by atoms with Crippen LogP contribution in [0.5, 0.6) is 0 Å². The van der Waals surface area contributed by atoms with Gasteiger partial charge in [-0.2, -0.15) is 0 Å². The molecule has 0 radical (unpaired) electrons. The summed E-state index contributed by atoms with van der Waals surface area (Å²) in [4.78, 5) is 37.3. The standard InChI is InChI=1S/C64H105NO8/c1-6-8-10-12-14-16-18-20-21-22-23-24-25-26-27-28-29-30-31-32-33-34-35-36-37-38-39-40-41-43-45-47-49-51-53-55-62(67)73-60(59-72-64(63(68)69)70-57-56-65(3,4)5)58-71-61(66)54-52-50-48-46-44-42-19-17-15-13-11-9-7-2/h8,10,14,16,20-21,23-24,26-27,29-30,32-33,35-36,38-39,41,43,60,64H,6-7,9,11-13,15,17-19,22,25,28,31,34,37,40,42,44-59H2,1-5H3/p+1/b10-8-,16-14-,21-20-,24-23-,27-26-,30-29-,33-32-,36-35-,39-38-,43-41-. The third-order valence-corrected chi connectivity index (χ3v) is 11.7. The number of nitrogens with zero attached hydrogens (tertiary/aromatic N) is 1. The number of rotatable bonds is 51. The van der Waals surface area contributed by atoms with E-state index in [1.807, 2.05) is 21.1 Å². The van der Waals surface area contributed by atoms with Gasteiger partial charge in [0.25, 0.3) is 6.29 Å². The number of quaternary nitrogens is 1. The Labute approximate surface area is 447 Å². The molecule has 0 fully saturated rings. The molecular weight excluding hydrogens is 911 g/mol. The van der Waals surface area contributed by atoms with Crippen molar-refractivity contribution >= 4 is 17.9 Å². The first kappa shape index (κ1) is 68.7. The van der Waals surface area contributed by atoms with Crippen LogP contribution in [0, 0.1) is 0 Å². The first-order valence-corrected chi connectivity index (χ1v) is 28.7. The van der Waals surface area contributed by atoms with Gasteiger partial charge in [0.1, 0.15) is 13.2 Å². The van der Waals surface area contributed by atoms with Gasteiger partial charge in [0, 0.05) is 12.8 Å². The van der Waals surface area contributed by atoms with Gasteiger partial charge in [-0.15, -0.1) is 0 Å². The Bertz CT molecular complexity index is 1610. The lowest BCUT2D eigenvalue weighted by Crippen LogP contribution is -2.40. The van der Waals surface area contributed by atoms with E-state index >= 15 is 0 Å². The summed E-state index contributed by atoms with van der Waals surface area (Å²) in [7, 11) is 5.95. The number of carboxylic acid groups (broad SMARTS) is 1. The molecule has 0 saturated heterocycles. The van der Waals surface area contributed by atoms with Gasteiger partial charge in [-0.05, 0) is 89.9 Å². The summed E-state index contributed by atoms with van der Waals surface area (Å²) in [5, 5.41) is 9.68. The molecule has 0 rings (SSSR count). The first-order chi connectivity index (χ1) is 35.6. The largest absolute Gasteiger partial charge is 0.477 e. The second-order valence-corrected chi connectivity index (χ2v) is 19.9. The quantitative estimate of drug-likeness (QED) is 0.0211. The van der Waals surface area contributed by atoms with Crippen LogP contribution in [0.25, 0.3) is 0 Å². The third-order valence-electron chi connectivity index (χ3n) is 11.7. The minimum absolute atomic E-state index is 0.177. The number of carboxylic acids is 1. The summed E-state index contributed by atoms with van der Waals surface area (Å²) in [6.45, 7) is 4.71. The zero-order chi connectivity index (χ0) is 53.4. The molecule has 0 aliphatic rings. The number of aliphatic carboxylic acids is 1. The Morgan fingerprint density at radius 1 is 0.425 bits per heavy atom. The molecule has 0 aliphatic heterocycles. The molecular formula is C64H106NO8+. The Hall–Kier alpha value is -4.31. The van der Waals surface area contributed by atoms with Crippen LogP contribution in [0.1, 0.15) is 206 Å². The number of unbranched alkanes of at least 4 members (excludes halogenated alkanes) is 16. The van der Waals surface area contributed by atoms with Crippen LogP contribution in [0.15, 0.2) is 122 Å². The minimum Gasteiger partial charge on any atom is -0.477 e. The van der Waals surface area contributed by atoms with Crippen molar-refractivity contribution in [3.8, 4) is 0 Å². The predicted octanol–water partition coefficient (Wildman–Crippen LogP) is 16.9. The van der Waals surface area contributed by atoms with Gasteiger partial charge < -0.3 is 28.5 Å². The molecule has 2 unspecified atom stereocenters. The lowest BCUT2D eigenvalue weighted by Gasteiger charge is -2.25. The van der Waals surface area contributed by atoms with Gasteiger partial charge in [-0.3, -0.25) is 9.59 Å². The van der Waals surface area contributed by atoms with Crippen molar-refractivity contribution in [1.82, 2.24) is 0 Å². The number of carbonyl (C=O) groups is 3. The van der Waals surface area contributed by atoms with Gasteiger partial charge in [-0.25, -0.2) is 4.79 Å². The van der Waals surface area contributed by atoms with Crippen molar-refractivity contribution in [3.05, 3.63) is 122 Å². The number of likely N-dealkylation sites (N-methyl/N-ethyl adjacent to an activating group) is 1. The third kappa shape index (κ3) is 55.3. The summed E-state index contributed by atoms with van der Waals surface area (Å²) < 4.78 is 22.8. The van der Waals surface area contributed by atoms with E-state index in [0.29, 0.717) is 23.9 Å². The van der Waals surface area contributed by atoms with E-state index in [-0.39, 0.29) is 32.2 Å². The molecule has 0 bridgehead atoms. The molecule has 9 heteroatoms. The van der Waals surface area contributed by atoms with E-state index in [1.165, 1.54) is 64.2 Å². The topological polar surface area (TPSA) is 108 Å². The highest BCUT2D eigenvalue weighted by Crippen LogP contribution is 2.14. The van der Waals surface area contributed by atoms with Crippen molar-refractivity contribution < 1.29 is 42.9 Å². The molecule has 9 nitrogen and oxygen atoms in total. The number of esters is 2. The molecule has 0 aromatic rings. The van der Waals surface area contributed by atoms with E-state index in [0.717, 1.165) is 109 Å². The smallest absolute Gasteiger partial charge is 0.361 e. The lowest BCUT2D eigenvalue weighted by atomic mass is 10.0. The van der Waals surface area contributed by atoms with Gasteiger partial charge in [0.05, 0.1) is 34.4 Å². The second-order valence-electron chi connectivity index (χ2n) is 19.9. The maximum absolute atomic E-state index is 12.8. The molecule has 73 heavy (non-hydrogen) atoms. The van der Waals surface area contributed by atoms with Crippen molar-refractivity contribution in [1.29, 1.82) is 0 Å². The van der Waals surface area contributed by atoms with E-state index < -0.39 is 24.3 Å². The van der Waals surface area contributed by atoms with E-state index in [9.17, 15) is 19.5 Å². The number of ether oxygens (including phenoxy) is 4. The molecule has 0 aromatic heterocycles. The van der Waals surface area contributed by atoms with Gasteiger partial charge in [0.15, 0.2) is 6.10 Å². The monoisotopic (exact) mass is 1020 g/mol. The number of hydrogen-bond donors (Lipinski definition) is 1. The first-order valence-electron chi connectivity index (χ1n) is 28.7. The highest BCUT2D eigenvalue weighted by atomic mass is 16.7. The van der Waals surface area contributed by atoms with E-state index in [4.69, 9.17) is 18.9 Å². The summed E-state index contributed by atoms with van der Waals surface area (Å²) >= 11 is 0. The zero-order valence-corrected chi connectivity index (χ0v) is 47.0. The van der Waals surface area contributed by atoms with Crippen LogP contribution < -0.4 is 0 Å². The zero-order valence-electron chi connectivity index (χ0n) is 47.0. The van der Waals surface area contributed by atoms with Crippen LogP contribution in [-0.2, 0) is 33.3 Å². The van der Waals surface area contributed by atoms with Crippen LogP contribution >= 0.6 is 0 Å². The summed E-state index contributed by atoms with van der Waals surface area (Å²) in [6.07, 6.45) is 72.8. The van der Waals surface area contributed by atoms with E-state index in [1.54, 1.807) is 0 Å². The number of carbonyl (C=O) groups excluding carboxylic acids is 2. The SMILES string of the molecule is CC/C=C\C/C=C\C/C=C\C/C=C\C/C=C\C/C=C\C/C=C\C/C=C\C/C=C\C/C=C\CCCCCCC(=O)OC(COC(=O)CCCCCCCCCCCCCCC)COC(OCC[N+](C)(C)C)C(=O)O. The molecule has 0 aliphatic carbocycles. The second kappa shape index (κ2) is 54.0. The van der Waals surface area contributed by atoms with Crippen molar-refractivity contribution in [2.45, 2.75) is 219 Å². The lowest BCUT2D eigenvalue weighted by molar-refractivity contribution is -0.870. The maximum Gasteiger partial charge on any atom is 0.361 e. The van der Waals surface area contributed by atoms with Crippen LogP contribution in [0.3, 0.4) is 0 Å². The van der Waals surface area contributed by atoms with E-state index in [2.05, 4.69) is 135 Å². The highest BCUT2D eigenvalue weighted by Gasteiger charge is 2.25. The fraction of sp³-hybridized carbons (Fsp3) is 0.641. The van der Waals surface area contributed by atoms with Gasteiger partial charge in [0.2, 0.25) is 0 Å². The Balaban J connectivity index is 4.29. The fourth-order valence-corrected chi connectivity index (χ4v) is 7.33. The summed E-state index contributed by atoms with van der Waals surface area (Å²) in [5.41, 5.74) is 0. The Morgan fingerprint density at radius 2 is 0.781 bits per heavy atom. The number of hydrogen-bond acceptors (Lipinski definition) is 7. The number of allylic oxidation sites excluding steroid dienone is 20. The average molecular weight is 1020 g/mol. The molecule has 0 aromatic carbocycles. The van der Waals surface area contributed by atoms with Crippen molar-refractivity contribution in [2.24, 2.45) is 0 Å². The molecule has 2 atom stereocenters. The van der Waals surface area contributed by atoms with Crippen LogP contribution in [0.4, 0.5) is 0 Å². The summed E-state index contributed by atoms with van der Waals surface area (Å²) in [6, 6.07) is 0. The highest BCUT2D eigenvalue weighted by molar-refractivity contribution is 5.71.